The van der Waals surface area contributed by atoms with Gasteiger partial charge in [0.1, 0.15) is 12.7 Å². The zero-order valence-electron chi connectivity index (χ0n) is 15.7. The van der Waals surface area contributed by atoms with E-state index in [-0.39, 0.29) is 16.9 Å². The van der Waals surface area contributed by atoms with Crippen molar-refractivity contribution < 1.29 is 22.7 Å². The highest BCUT2D eigenvalue weighted by molar-refractivity contribution is 7.89. The molecular formula is C19H23N3O5S. The maximum atomic E-state index is 12.5. The monoisotopic (exact) mass is 405 g/mol. The Labute approximate surface area is 164 Å². The molecule has 3 N–H and O–H groups in total. The van der Waals surface area contributed by atoms with Gasteiger partial charge in [0.15, 0.2) is 11.5 Å². The summed E-state index contributed by atoms with van der Waals surface area (Å²) in [6, 6.07) is 12.7. The van der Waals surface area contributed by atoms with Gasteiger partial charge < -0.3 is 14.8 Å². The second-order valence-electron chi connectivity index (χ2n) is 6.67. The van der Waals surface area contributed by atoms with Gasteiger partial charge in [0.2, 0.25) is 15.9 Å². The fourth-order valence-electron chi connectivity index (χ4n) is 2.81. The second kappa shape index (κ2) is 8.17. The summed E-state index contributed by atoms with van der Waals surface area (Å²) in [5, 5.41) is 7.84. The van der Waals surface area contributed by atoms with E-state index in [1.807, 2.05) is 36.2 Å². The molecule has 0 bridgehead atoms. The lowest BCUT2D eigenvalue weighted by molar-refractivity contribution is -0.120. The van der Waals surface area contributed by atoms with Gasteiger partial charge in [-0.1, -0.05) is 12.1 Å². The summed E-state index contributed by atoms with van der Waals surface area (Å²) in [7, 11) is -1.93. The molecule has 0 fully saturated rings. The van der Waals surface area contributed by atoms with Gasteiger partial charge in [-0.25, -0.2) is 13.6 Å². The number of amides is 1. The highest BCUT2D eigenvalue weighted by Gasteiger charge is 2.26. The van der Waals surface area contributed by atoms with Gasteiger partial charge in [0.05, 0.1) is 10.9 Å². The zero-order valence-corrected chi connectivity index (χ0v) is 16.5. The molecule has 1 heterocycles. The predicted octanol–water partition coefficient (Wildman–Crippen LogP) is 1.43. The summed E-state index contributed by atoms with van der Waals surface area (Å²) < 4.78 is 34.2. The predicted molar refractivity (Wildman–Crippen MR) is 105 cm³/mol. The molecule has 3 rings (SSSR count). The molecule has 2 atom stereocenters. The number of carbonyl (C=O) groups is 1. The Bertz CT molecular complexity index is 946. The number of nitrogens with zero attached hydrogens (tertiary/aromatic N) is 1. The van der Waals surface area contributed by atoms with Crippen molar-refractivity contribution in [1.29, 1.82) is 0 Å². The summed E-state index contributed by atoms with van der Waals surface area (Å²) >= 11 is 0. The average molecular weight is 405 g/mol. The van der Waals surface area contributed by atoms with Crippen LogP contribution in [0, 0.1) is 0 Å². The Morgan fingerprint density at radius 1 is 1.21 bits per heavy atom. The lowest BCUT2D eigenvalue weighted by Gasteiger charge is -2.31. The summed E-state index contributed by atoms with van der Waals surface area (Å²) in [4.78, 5) is 14.4. The van der Waals surface area contributed by atoms with E-state index in [1.165, 1.54) is 24.3 Å². The number of rotatable bonds is 6. The van der Waals surface area contributed by atoms with Crippen molar-refractivity contribution >= 4 is 21.6 Å². The number of primary sulfonamides is 1. The standard InChI is InChI=1S/C19H23N3O5S/c1-13(19(23)21-14-7-9-16(10-8-14)28(20,24)25)22(2)11-15-12-26-17-5-3-4-6-18(17)27-15/h3-10,13,15H,11-12H2,1-2H3,(H,21,23)(H2,20,24,25). The van der Waals surface area contributed by atoms with Gasteiger partial charge in [-0.05, 0) is 50.4 Å². The largest absolute Gasteiger partial charge is 0.486 e. The van der Waals surface area contributed by atoms with E-state index in [0.717, 1.165) is 5.75 Å². The van der Waals surface area contributed by atoms with Crippen LogP contribution in [-0.2, 0) is 14.8 Å². The highest BCUT2D eigenvalue weighted by atomic mass is 32.2. The number of nitrogens with two attached hydrogens (primary N) is 1. The number of likely N-dealkylation sites (N-methyl/N-ethyl adjacent to an activating group) is 1. The van der Waals surface area contributed by atoms with Gasteiger partial charge in [-0.15, -0.1) is 0 Å². The molecule has 1 aliphatic heterocycles. The molecule has 2 aromatic carbocycles. The molecule has 2 aromatic rings. The first-order valence-electron chi connectivity index (χ1n) is 8.76. The quantitative estimate of drug-likeness (QED) is 0.752. The number of ether oxygens (including phenoxy) is 2. The van der Waals surface area contributed by atoms with Gasteiger partial charge in [0, 0.05) is 12.2 Å². The van der Waals surface area contributed by atoms with Crippen molar-refractivity contribution in [2.75, 3.05) is 25.5 Å². The van der Waals surface area contributed by atoms with Crippen molar-refractivity contribution in [1.82, 2.24) is 4.90 Å². The van der Waals surface area contributed by atoms with E-state index < -0.39 is 16.1 Å². The SMILES string of the molecule is CC(C(=O)Nc1ccc(S(N)(=O)=O)cc1)N(C)CC1COc2ccccc2O1. The number of para-hydroxylation sites is 2. The fourth-order valence-corrected chi connectivity index (χ4v) is 3.32. The van der Waals surface area contributed by atoms with Crippen molar-refractivity contribution in [3.8, 4) is 11.5 Å². The van der Waals surface area contributed by atoms with E-state index in [0.29, 0.717) is 24.6 Å². The number of hydrogen-bond donors (Lipinski definition) is 2. The Balaban J connectivity index is 1.56. The van der Waals surface area contributed by atoms with Crippen LogP contribution in [-0.4, -0.2) is 51.6 Å². The minimum atomic E-state index is -3.76. The van der Waals surface area contributed by atoms with E-state index in [1.54, 1.807) is 6.92 Å². The van der Waals surface area contributed by atoms with Crippen LogP contribution in [0.5, 0.6) is 11.5 Å². The van der Waals surface area contributed by atoms with Crippen LogP contribution >= 0.6 is 0 Å². The van der Waals surface area contributed by atoms with Crippen LogP contribution in [0.3, 0.4) is 0 Å². The maximum Gasteiger partial charge on any atom is 0.241 e. The average Bonchev–Trinajstić information content (AvgIpc) is 2.67. The third-order valence-electron chi connectivity index (χ3n) is 4.55. The van der Waals surface area contributed by atoms with E-state index in [9.17, 15) is 13.2 Å². The summed E-state index contributed by atoms with van der Waals surface area (Å²) in [5.74, 6) is 1.19. The Hall–Kier alpha value is -2.62. The molecule has 150 valence electrons. The molecule has 0 aliphatic carbocycles. The summed E-state index contributed by atoms with van der Waals surface area (Å²) in [6.45, 7) is 2.70. The van der Waals surface area contributed by atoms with Gasteiger partial charge in [-0.2, -0.15) is 0 Å². The minimum Gasteiger partial charge on any atom is -0.486 e. The Kier molecular flexibility index (Phi) is 5.87. The number of hydrogen-bond acceptors (Lipinski definition) is 6. The molecule has 1 amide bonds. The van der Waals surface area contributed by atoms with Crippen LogP contribution in [0.2, 0.25) is 0 Å². The molecule has 0 saturated carbocycles. The van der Waals surface area contributed by atoms with Crippen LogP contribution < -0.4 is 19.9 Å². The molecule has 0 spiro atoms. The number of carbonyl (C=O) groups excluding carboxylic acids is 1. The highest BCUT2D eigenvalue weighted by Crippen LogP contribution is 2.31. The first-order valence-corrected chi connectivity index (χ1v) is 10.3. The van der Waals surface area contributed by atoms with E-state index >= 15 is 0 Å². The molecule has 28 heavy (non-hydrogen) atoms. The Morgan fingerprint density at radius 2 is 1.86 bits per heavy atom. The van der Waals surface area contributed by atoms with E-state index in [4.69, 9.17) is 14.6 Å². The molecule has 8 nitrogen and oxygen atoms in total. The van der Waals surface area contributed by atoms with Crippen molar-refractivity contribution in [2.24, 2.45) is 5.14 Å². The van der Waals surface area contributed by atoms with Gasteiger partial charge in [0.25, 0.3) is 0 Å². The van der Waals surface area contributed by atoms with Gasteiger partial charge in [-0.3, -0.25) is 9.69 Å². The van der Waals surface area contributed by atoms with Crippen molar-refractivity contribution in [3.63, 3.8) is 0 Å². The third kappa shape index (κ3) is 4.80. The molecule has 0 aromatic heterocycles. The first-order chi connectivity index (χ1) is 13.2. The molecule has 2 unspecified atom stereocenters. The van der Waals surface area contributed by atoms with Crippen LogP contribution in [0.4, 0.5) is 5.69 Å². The number of nitrogens with one attached hydrogen (secondary N) is 1. The summed E-state index contributed by atoms with van der Waals surface area (Å²) in [5.41, 5.74) is 0.490. The second-order valence-corrected chi connectivity index (χ2v) is 8.23. The third-order valence-corrected chi connectivity index (χ3v) is 5.48. The van der Waals surface area contributed by atoms with Gasteiger partial charge >= 0.3 is 0 Å². The molecule has 9 heteroatoms. The van der Waals surface area contributed by atoms with E-state index in [2.05, 4.69) is 5.32 Å². The normalized spacial score (nSPS) is 17.2. The number of benzene rings is 2. The molecule has 0 radical (unpaired) electrons. The number of fused-ring (bicyclic) bond motifs is 1. The van der Waals surface area contributed by atoms with Crippen LogP contribution in [0.15, 0.2) is 53.4 Å². The molecule has 0 saturated heterocycles. The minimum absolute atomic E-state index is 0.00889. The number of anilines is 1. The fraction of sp³-hybridized carbons (Fsp3) is 0.316. The van der Waals surface area contributed by atoms with Crippen molar-refractivity contribution in [2.45, 2.75) is 24.0 Å². The zero-order chi connectivity index (χ0) is 20.3. The smallest absolute Gasteiger partial charge is 0.241 e. The first kappa shape index (κ1) is 20.1. The van der Waals surface area contributed by atoms with Crippen molar-refractivity contribution in [3.05, 3.63) is 48.5 Å². The van der Waals surface area contributed by atoms with Crippen LogP contribution in [0.1, 0.15) is 6.92 Å². The lowest BCUT2D eigenvalue weighted by Crippen LogP contribution is -2.46. The van der Waals surface area contributed by atoms with Crippen LogP contribution in [0.25, 0.3) is 0 Å². The maximum absolute atomic E-state index is 12.5. The number of sulfonamides is 1. The lowest BCUT2D eigenvalue weighted by atomic mass is 10.2. The molecule has 1 aliphatic rings. The topological polar surface area (TPSA) is 111 Å². The molecular weight excluding hydrogens is 382 g/mol. The summed E-state index contributed by atoms with van der Waals surface area (Å²) in [6.07, 6.45) is -0.191. The Morgan fingerprint density at radius 3 is 2.50 bits per heavy atom.